The molecule has 0 saturated heterocycles. The van der Waals surface area contributed by atoms with Crippen LogP contribution in [0.4, 0.5) is 0 Å². The molecule has 0 saturated carbocycles. The van der Waals surface area contributed by atoms with Crippen LogP contribution < -0.4 is 10.1 Å². The number of aryl methyl sites for hydroxylation is 1. The second-order valence-electron chi connectivity index (χ2n) is 4.17. The highest BCUT2D eigenvalue weighted by Gasteiger charge is 1.94. The van der Waals surface area contributed by atoms with Gasteiger partial charge in [-0.05, 0) is 30.7 Å². The van der Waals surface area contributed by atoms with Gasteiger partial charge in [-0.1, -0.05) is 26.0 Å². The maximum absolute atomic E-state index is 5.64. The maximum Gasteiger partial charge on any atom is 0.119 e. The maximum atomic E-state index is 5.64. The van der Waals surface area contributed by atoms with Crippen LogP contribution in [0.5, 0.6) is 5.75 Å². The highest BCUT2D eigenvalue weighted by Crippen LogP contribution is 2.12. The van der Waals surface area contributed by atoms with E-state index in [4.69, 9.17) is 9.47 Å². The molecule has 0 heterocycles. The molecular weight excluding hydrogens is 226 g/mol. The minimum atomic E-state index is 0.715. The SMILES string of the molecule is CCNCCOCCCOc1ccc(CC)cc1. The molecule has 0 fully saturated rings. The van der Waals surface area contributed by atoms with E-state index in [9.17, 15) is 0 Å². The summed E-state index contributed by atoms with van der Waals surface area (Å²) >= 11 is 0. The largest absolute Gasteiger partial charge is 0.494 e. The predicted molar refractivity (Wildman–Crippen MR) is 75.3 cm³/mol. The lowest BCUT2D eigenvalue weighted by atomic mass is 10.2. The van der Waals surface area contributed by atoms with Crippen LogP contribution in [-0.4, -0.2) is 32.9 Å². The number of ether oxygens (including phenoxy) is 2. The predicted octanol–water partition coefficient (Wildman–Crippen LogP) is 2.64. The summed E-state index contributed by atoms with van der Waals surface area (Å²) in [5.74, 6) is 0.944. The van der Waals surface area contributed by atoms with E-state index in [1.807, 2.05) is 12.1 Å². The van der Waals surface area contributed by atoms with Gasteiger partial charge in [-0.25, -0.2) is 0 Å². The van der Waals surface area contributed by atoms with E-state index in [1.54, 1.807) is 0 Å². The molecule has 102 valence electrons. The number of hydrogen-bond donors (Lipinski definition) is 1. The number of nitrogens with one attached hydrogen (secondary N) is 1. The topological polar surface area (TPSA) is 30.5 Å². The molecule has 0 amide bonds. The Morgan fingerprint density at radius 1 is 1.00 bits per heavy atom. The normalized spacial score (nSPS) is 10.6. The molecule has 0 atom stereocenters. The van der Waals surface area contributed by atoms with Crippen molar-refractivity contribution in [3.63, 3.8) is 0 Å². The van der Waals surface area contributed by atoms with Crippen LogP contribution in [0, 0.1) is 0 Å². The van der Waals surface area contributed by atoms with Crippen LogP contribution in [0.3, 0.4) is 0 Å². The molecule has 1 N–H and O–H groups in total. The van der Waals surface area contributed by atoms with Crippen molar-refractivity contribution in [1.82, 2.24) is 5.32 Å². The first-order valence-corrected chi connectivity index (χ1v) is 6.87. The first kappa shape index (κ1) is 15.0. The minimum absolute atomic E-state index is 0.715. The standard InChI is InChI=1S/C15H25NO2/c1-3-14-6-8-15(9-7-14)18-12-5-11-17-13-10-16-4-2/h6-9,16H,3-5,10-13H2,1-2H3. The third-order valence-corrected chi connectivity index (χ3v) is 2.71. The molecule has 0 unspecified atom stereocenters. The van der Waals surface area contributed by atoms with Crippen LogP contribution >= 0.6 is 0 Å². The van der Waals surface area contributed by atoms with Gasteiger partial charge in [0.1, 0.15) is 5.75 Å². The van der Waals surface area contributed by atoms with Crippen molar-refractivity contribution in [2.24, 2.45) is 0 Å². The summed E-state index contributed by atoms with van der Waals surface area (Å²) in [4.78, 5) is 0. The van der Waals surface area contributed by atoms with Crippen LogP contribution in [0.1, 0.15) is 25.8 Å². The molecule has 0 aliphatic heterocycles. The first-order valence-electron chi connectivity index (χ1n) is 6.87. The average Bonchev–Trinajstić information content (AvgIpc) is 2.42. The fourth-order valence-electron chi connectivity index (χ4n) is 1.60. The Hall–Kier alpha value is -1.06. The van der Waals surface area contributed by atoms with E-state index in [0.29, 0.717) is 6.61 Å². The zero-order valence-corrected chi connectivity index (χ0v) is 11.6. The van der Waals surface area contributed by atoms with Crippen LogP contribution in [0.15, 0.2) is 24.3 Å². The van der Waals surface area contributed by atoms with E-state index in [2.05, 4.69) is 31.3 Å². The van der Waals surface area contributed by atoms with E-state index in [1.165, 1.54) is 5.56 Å². The van der Waals surface area contributed by atoms with Gasteiger partial charge in [-0.15, -0.1) is 0 Å². The first-order chi connectivity index (χ1) is 8.86. The van der Waals surface area contributed by atoms with Gasteiger partial charge < -0.3 is 14.8 Å². The van der Waals surface area contributed by atoms with Crippen LogP contribution in [0.25, 0.3) is 0 Å². The van der Waals surface area contributed by atoms with E-state index in [-0.39, 0.29) is 0 Å². The number of rotatable bonds is 10. The third kappa shape index (κ3) is 6.62. The number of likely N-dealkylation sites (N-methyl/N-ethyl adjacent to an activating group) is 1. The molecule has 0 aliphatic rings. The molecule has 0 spiro atoms. The molecule has 0 aromatic heterocycles. The van der Waals surface area contributed by atoms with Crippen molar-refractivity contribution >= 4 is 0 Å². The molecule has 0 radical (unpaired) electrons. The molecule has 18 heavy (non-hydrogen) atoms. The Labute approximate surface area is 110 Å². The van der Waals surface area contributed by atoms with Gasteiger partial charge in [0.15, 0.2) is 0 Å². The van der Waals surface area contributed by atoms with E-state index < -0.39 is 0 Å². The fourth-order valence-corrected chi connectivity index (χ4v) is 1.60. The zero-order chi connectivity index (χ0) is 13.1. The Kier molecular flexibility index (Phi) is 8.26. The smallest absolute Gasteiger partial charge is 0.119 e. The Balaban J connectivity index is 2.00. The second kappa shape index (κ2) is 9.92. The van der Waals surface area contributed by atoms with Crippen molar-refractivity contribution in [2.45, 2.75) is 26.7 Å². The molecule has 3 heteroatoms. The van der Waals surface area contributed by atoms with Gasteiger partial charge in [0.05, 0.1) is 13.2 Å². The van der Waals surface area contributed by atoms with Gasteiger partial charge >= 0.3 is 0 Å². The third-order valence-electron chi connectivity index (χ3n) is 2.71. The Morgan fingerprint density at radius 3 is 2.44 bits per heavy atom. The summed E-state index contributed by atoms with van der Waals surface area (Å²) in [5.41, 5.74) is 1.34. The Bertz CT molecular complexity index is 298. The minimum Gasteiger partial charge on any atom is -0.494 e. The van der Waals surface area contributed by atoms with Crippen molar-refractivity contribution < 1.29 is 9.47 Å². The zero-order valence-electron chi connectivity index (χ0n) is 11.6. The molecule has 1 rings (SSSR count). The number of hydrogen-bond acceptors (Lipinski definition) is 3. The summed E-state index contributed by atoms with van der Waals surface area (Å²) in [6.45, 7) is 8.43. The highest BCUT2D eigenvalue weighted by molar-refractivity contribution is 5.27. The van der Waals surface area contributed by atoms with Gasteiger partial charge in [0.25, 0.3) is 0 Å². The summed E-state index contributed by atoms with van der Waals surface area (Å²) in [6, 6.07) is 8.29. The second-order valence-corrected chi connectivity index (χ2v) is 4.17. The van der Waals surface area contributed by atoms with E-state index >= 15 is 0 Å². The molecule has 0 bridgehead atoms. The van der Waals surface area contributed by atoms with Crippen molar-refractivity contribution in [1.29, 1.82) is 0 Å². The highest BCUT2D eigenvalue weighted by atomic mass is 16.5. The van der Waals surface area contributed by atoms with Gasteiger partial charge in [-0.2, -0.15) is 0 Å². The fraction of sp³-hybridized carbons (Fsp3) is 0.600. The van der Waals surface area contributed by atoms with E-state index in [0.717, 1.165) is 44.9 Å². The average molecular weight is 251 g/mol. The molecule has 0 aliphatic carbocycles. The molecule has 1 aromatic rings. The summed E-state index contributed by atoms with van der Waals surface area (Å²) in [7, 11) is 0. The van der Waals surface area contributed by atoms with Gasteiger partial charge in [0, 0.05) is 19.6 Å². The van der Waals surface area contributed by atoms with Crippen molar-refractivity contribution in [3.8, 4) is 5.75 Å². The van der Waals surface area contributed by atoms with Crippen molar-refractivity contribution in [2.75, 3.05) is 32.9 Å². The Morgan fingerprint density at radius 2 is 1.78 bits per heavy atom. The molecule has 3 nitrogen and oxygen atoms in total. The quantitative estimate of drug-likeness (QED) is 0.648. The summed E-state index contributed by atoms with van der Waals surface area (Å²) < 4.78 is 11.1. The summed E-state index contributed by atoms with van der Waals surface area (Å²) in [6.07, 6.45) is 2.00. The number of benzene rings is 1. The monoisotopic (exact) mass is 251 g/mol. The lowest BCUT2D eigenvalue weighted by Gasteiger charge is -2.07. The molecule has 1 aromatic carbocycles. The summed E-state index contributed by atoms with van der Waals surface area (Å²) in [5, 5.41) is 3.22. The van der Waals surface area contributed by atoms with Crippen LogP contribution in [-0.2, 0) is 11.2 Å². The lowest BCUT2D eigenvalue weighted by molar-refractivity contribution is 0.121. The van der Waals surface area contributed by atoms with Crippen LogP contribution in [0.2, 0.25) is 0 Å². The van der Waals surface area contributed by atoms with Crippen molar-refractivity contribution in [3.05, 3.63) is 29.8 Å². The molecular formula is C15H25NO2. The van der Waals surface area contributed by atoms with Gasteiger partial charge in [-0.3, -0.25) is 0 Å². The van der Waals surface area contributed by atoms with Gasteiger partial charge in [0.2, 0.25) is 0 Å². The lowest BCUT2D eigenvalue weighted by Crippen LogP contribution is -2.19.